The van der Waals surface area contributed by atoms with Gasteiger partial charge in [0.2, 0.25) is 0 Å². The zero-order valence-electron chi connectivity index (χ0n) is 11.5. The van der Waals surface area contributed by atoms with Crippen molar-refractivity contribution in [2.75, 3.05) is 14.1 Å². The van der Waals surface area contributed by atoms with E-state index in [-0.39, 0.29) is 11.6 Å². The lowest BCUT2D eigenvalue weighted by Gasteiger charge is -2.41. The molecule has 1 aliphatic carbocycles. The Morgan fingerprint density at radius 2 is 2.11 bits per heavy atom. The Bertz CT molecular complexity index is 407. The van der Waals surface area contributed by atoms with Gasteiger partial charge in [-0.1, -0.05) is 24.4 Å². The Kier molecular flexibility index (Phi) is 3.99. The van der Waals surface area contributed by atoms with E-state index in [1.54, 1.807) is 6.20 Å². The number of nitrogens with two attached hydrogens (primary N) is 1. The quantitative estimate of drug-likeness (QED) is 0.914. The number of halogens is 1. The van der Waals surface area contributed by atoms with E-state index < -0.39 is 0 Å². The van der Waals surface area contributed by atoms with Crippen LogP contribution >= 0.6 is 11.6 Å². The zero-order valence-corrected chi connectivity index (χ0v) is 12.2. The predicted molar refractivity (Wildman–Crippen MR) is 74.7 cm³/mol. The van der Waals surface area contributed by atoms with Crippen molar-refractivity contribution in [1.29, 1.82) is 0 Å². The molecule has 0 radical (unpaired) electrons. The smallest absolute Gasteiger partial charge is 0.0834 e. The summed E-state index contributed by atoms with van der Waals surface area (Å²) in [6.45, 7) is 2.87. The van der Waals surface area contributed by atoms with Gasteiger partial charge in [-0.2, -0.15) is 5.10 Å². The maximum absolute atomic E-state index is 6.57. The number of nitrogens with zero attached hydrogens (tertiary/aromatic N) is 3. The second-order valence-corrected chi connectivity index (χ2v) is 5.78. The Hall–Kier alpha value is -0.580. The Morgan fingerprint density at radius 3 is 2.61 bits per heavy atom. The third-order valence-electron chi connectivity index (χ3n) is 4.37. The molecule has 5 heteroatoms. The van der Waals surface area contributed by atoms with Crippen molar-refractivity contribution in [3.05, 3.63) is 16.9 Å². The summed E-state index contributed by atoms with van der Waals surface area (Å²) in [4.78, 5) is 2.27. The van der Waals surface area contributed by atoms with E-state index in [9.17, 15) is 0 Å². The van der Waals surface area contributed by atoms with Crippen molar-refractivity contribution < 1.29 is 0 Å². The van der Waals surface area contributed by atoms with Gasteiger partial charge >= 0.3 is 0 Å². The molecule has 0 amide bonds. The Balaban J connectivity index is 2.39. The fourth-order valence-corrected chi connectivity index (χ4v) is 3.47. The van der Waals surface area contributed by atoms with Crippen LogP contribution in [0.3, 0.4) is 0 Å². The van der Waals surface area contributed by atoms with Crippen LogP contribution in [-0.4, -0.2) is 34.3 Å². The molecule has 1 saturated carbocycles. The normalized spacial score (nSPS) is 20.6. The largest absolute Gasteiger partial charge is 0.321 e. The first-order chi connectivity index (χ1) is 8.53. The highest BCUT2D eigenvalue weighted by Crippen LogP contribution is 2.43. The van der Waals surface area contributed by atoms with Gasteiger partial charge < -0.3 is 10.6 Å². The SMILES string of the molecule is CCn1ncc(Cl)c1C(N)C1(N(C)C)CCCC1. The summed E-state index contributed by atoms with van der Waals surface area (Å²) in [7, 11) is 4.23. The first-order valence-electron chi connectivity index (χ1n) is 6.67. The number of aromatic nitrogens is 2. The molecule has 1 heterocycles. The molecular weight excluding hydrogens is 248 g/mol. The minimum atomic E-state index is -0.0788. The van der Waals surface area contributed by atoms with E-state index in [1.165, 1.54) is 12.8 Å². The van der Waals surface area contributed by atoms with Gasteiger partial charge in [0, 0.05) is 12.1 Å². The predicted octanol–water partition coefficient (Wildman–Crippen LogP) is 2.43. The van der Waals surface area contributed by atoms with Crippen molar-refractivity contribution in [2.45, 2.75) is 50.7 Å². The van der Waals surface area contributed by atoms with Gasteiger partial charge in [0.05, 0.1) is 23.0 Å². The molecule has 0 aromatic carbocycles. The Labute approximate surface area is 114 Å². The summed E-state index contributed by atoms with van der Waals surface area (Å²) in [5.41, 5.74) is 7.58. The lowest BCUT2D eigenvalue weighted by Crippen LogP contribution is -2.51. The molecule has 0 saturated heterocycles. The molecule has 0 spiro atoms. The van der Waals surface area contributed by atoms with E-state index in [0.717, 1.165) is 25.1 Å². The molecule has 1 unspecified atom stereocenters. The van der Waals surface area contributed by atoms with E-state index in [1.807, 2.05) is 4.68 Å². The van der Waals surface area contributed by atoms with Crippen LogP contribution in [0.2, 0.25) is 5.02 Å². The highest BCUT2D eigenvalue weighted by atomic mass is 35.5. The van der Waals surface area contributed by atoms with Crippen LogP contribution in [-0.2, 0) is 6.54 Å². The average molecular weight is 271 g/mol. The van der Waals surface area contributed by atoms with E-state index in [4.69, 9.17) is 17.3 Å². The number of hydrogen-bond donors (Lipinski definition) is 1. The van der Waals surface area contributed by atoms with Crippen molar-refractivity contribution in [3.63, 3.8) is 0 Å². The van der Waals surface area contributed by atoms with Gasteiger partial charge in [-0.05, 0) is 33.9 Å². The molecule has 2 N–H and O–H groups in total. The fraction of sp³-hybridized carbons (Fsp3) is 0.769. The first-order valence-corrected chi connectivity index (χ1v) is 7.05. The summed E-state index contributed by atoms with van der Waals surface area (Å²) in [6, 6.07) is -0.0788. The number of hydrogen-bond acceptors (Lipinski definition) is 3. The van der Waals surface area contributed by atoms with Crippen LogP contribution in [0.15, 0.2) is 6.20 Å². The van der Waals surface area contributed by atoms with Crippen molar-refractivity contribution >= 4 is 11.6 Å². The second kappa shape index (κ2) is 5.19. The molecule has 0 aliphatic heterocycles. The fourth-order valence-electron chi connectivity index (χ4n) is 3.21. The number of likely N-dealkylation sites (N-methyl/N-ethyl adjacent to an activating group) is 1. The molecule has 1 aliphatic rings. The van der Waals surface area contributed by atoms with Gasteiger partial charge in [-0.3, -0.25) is 4.68 Å². The van der Waals surface area contributed by atoms with Gasteiger partial charge in [0.15, 0.2) is 0 Å². The lowest BCUT2D eigenvalue weighted by atomic mass is 9.85. The Morgan fingerprint density at radius 1 is 1.50 bits per heavy atom. The van der Waals surface area contributed by atoms with Crippen LogP contribution in [0.25, 0.3) is 0 Å². The average Bonchev–Trinajstić information content (AvgIpc) is 2.95. The second-order valence-electron chi connectivity index (χ2n) is 5.38. The van der Waals surface area contributed by atoms with Crippen LogP contribution in [0.5, 0.6) is 0 Å². The van der Waals surface area contributed by atoms with Gasteiger partial charge in [0.25, 0.3) is 0 Å². The summed E-state index contributed by atoms with van der Waals surface area (Å²) >= 11 is 6.28. The molecule has 4 nitrogen and oxygen atoms in total. The molecule has 18 heavy (non-hydrogen) atoms. The number of rotatable bonds is 4. The molecule has 1 atom stereocenters. The minimum Gasteiger partial charge on any atom is -0.321 e. The third kappa shape index (κ3) is 2.06. The summed E-state index contributed by atoms with van der Waals surface area (Å²) in [6.07, 6.45) is 6.45. The first kappa shape index (κ1) is 13.8. The van der Waals surface area contributed by atoms with Crippen LogP contribution in [0, 0.1) is 0 Å². The lowest BCUT2D eigenvalue weighted by molar-refractivity contribution is 0.119. The molecular formula is C13H23ClN4. The van der Waals surface area contributed by atoms with Gasteiger partial charge in [-0.25, -0.2) is 0 Å². The standard InChI is InChI=1S/C13H23ClN4/c1-4-18-11(10(14)9-16-18)12(15)13(17(2)3)7-5-6-8-13/h9,12H,4-8,15H2,1-3H3. The van der Waals surface area contributed by atoms with Crippen molar-refractivity contribution in [3.8, 4) is 0 Å². The summed E-state index contributed by atoms with van der Waals surface area (Å²) < 4.78 is 1.93. The zero-order chi connectivity index (χ0) is 13.3. The van der Waals surface area contributed by atoms with Crippen LogP contribution in [0.4, 0.5) is 0 Å². The van der Waals surface area contributed by atoms with Crippen molar-refractivity contribution in [2.24, 2.45) is 5.73 Å². The molecule has 102 valence electrons. The van der Waals surface area contributed by atoms with E-state index >= 15 is 0 Å². The molecule has 0 bridgehead atoms. The summed E-state index contributed by atoms with van der Waals surface area (Å²) in [5.74, 6) is 0. The topological polar surface area (TPSA) is 47.1 Å². The van der Waals surface area contributed by atoms with Crippen molar-refractivity contribution in [1.82, 2.24) is 14.7 Å². The summed E-state index contributed by atoms with van der Waals surface area (Å²) in [5, 5.41) is 5.00. The third-order valence-corrected chi connectivity index (χ3v) is 4.66. The molecule has 1 aromatic heterocycles. The van der Waals surface area contributed by atoms with Gasteiger partial charge in [0.1, 0.15) is 0 Å². The minimum absolute atomic E-state index is 0.0244. The maximum atomic E-state index is 6.57. The highest BCUT2D eigenvalue weighted by molar-refractivity contribution is 6.31. The van der Waals surface area contributed by atoms with Gasteiger partial charge in [-0.15, -0.1) is 0 Å². The highest BCUT2D eigenvalue weighted by Gasteiger charge is 2.44. The van der Waals surface area contributed by atoms with E-state index in [2.05, 4.69) is 31.0 Å². The van der Waals surface area contributed by atoms with Crippen LogP contribution in [0.1, 0.15) is 44.3 Å². The maximum Gasteiger partial charge on any atom is 0.0834 e. The van der Waals surface area contributed by atoms with Crippen LogP contribution < -0.4 is 5.73 Å². The molecule has 1 aromatic rings. The molecule has 1 fully saturated rings. The number of aryl methyl sites for hydroxylation is 1. The molecule has 2 rings (SSSR count). The van der Waals surface area contributed by atoms with E-state index in [0.29, 0.717) is 5.02 Å². The monoisotopic (exact) mass is 270 g/mol.